The highest BCUT2D eigenvalue weighted by Gasteiger charge is 2.41. The van der Waals surface area contributed by atoms with Gasteiger partial charge in [0, 0.05) is 31.1 Å². The molecule has 0 spiro atoms. The third-order valence-electron chi connectivity index (χ3n) is 6.30. The summed E-state index contributed by atoms with van der Waals surface area (Å²) in [5.41, 5.74) is 0.567. The molecule has 1 saturated heterocycles. The second kappa shape index (κ2) is 10.4. The summed E-state index contributed by atoms with van der Waals surface area (Å²) in [6.07, 6.45) is -4.53. The van der Waals surface area contributed by atoms with E-state index in [0.29, 0.717) is 22.4 Å². The molecule has 1 N–H and O–H groups in total. The lowest BCUT2D eigenvalue weighted by Crippen LogP contribution is -2.35. The number of amides is 2. The third-order valence-corrected chi connectivity index (χ3v) is 6.30. The van der Waals surface area contributed by atoms with E-state index in [2.05, 4.69) is 5.32 Å². The van der Waals surface area contributed by atoms with Crippen molar-refractivity contribution in [2.24, 2.45) is 5.92 Å². The Hall–Kier alpha value is -3.88. The fourth-order valence-corrected chi connectivity index (χ4v) is 4.36. The van der Waals surface area contributed by atoms with Crippen molar-refractivity contribution in [3.63, 3.8) is 0 Å². The number of nitrogens with one attached hydrogen (secondary N) is 1. The number of hydrogen-bond donors (Lipinski definition) is 1. The van der Waals surface area contributed by atoms with E-state index in [0.717, 1.165) is 12.1 Å². The van der Waals surface area contributed by atoms with Crippen molar-refractivity contribution in [1.82, 2.24) is 10.2 Å². The molecule has 1 fully saturated rings. The molecule has 1 aliphatic rings. The fraction of sp³-hybridized carbons (Fsp3) is 0.259. The highest BCUT2D eigenvalue weighted by atomic mass is 19.4. The van der Waals surface area contributed by atoms with Gasteiger partial charge >= 0.3 is 6.18 Å². The Morgan fingerprint density at radius 2 is 1.69 bits per heavy atom. The van der Waals surface area contributed by atoms with Gasteiger partial charge in [-0.3, -0.25) is 9.59 Å². The number of benzene rings is 3. The Labute approximate surface area is 205 Å². The number of carbonyl (C=O) groups is 2. The number of nitrogens with zero attached hydrogens (tertiary/aromatic N) is 1. The molecule has 0 aliphatic carbocycles. The van der Waals surface area contributed by atoms with Gasteiger partial charge in [0.1, 0.15) is 11.6 Å². The highest BCUT2D eigenvalue weighted by Crippen LogP contribution is 2.37. The molecule has 9 heteroatoms. The van der Waals surface area contributed by atoms with Gasteiger partial charge in [0.2, 0.25) is 5.91 Å². The average Bonchev–Trinajstić information content (AvgIpc) is 3.33. The van der Waals surface area contributed by atoms with Crippen LogP contribution in [-0.2, 0) is 17.5 Å². The Balaban J connectivity index is 1.58. The van der Waals surface area contributed by atoms with Gasteiger partial charge in [0.25, 0.3) is 5.91 Å². The lowest BCUT2D eigenvalue weighted by atomic mass is 9.87. The Morgan fingerprint density at radius 3 is 2.33 bits per heavy atom. The molecule has 1 heterocycles. The molecule has 0 radical (unpaired) electrons. The molecule has 3 aromatic rings. The maximum Gasteiger partial charge on any atom is 0.416 e. The van der Waals surface area contributed by atoms with Gasteiger partial charge in [-0.15, -0.1) is 0 Å². The first-order valence-electron chi connectivity index (χ1n) is 11.3. The molecule has 2 amide bonds. The zero-order chi connectivity index (χ0) is 25.9. The largest absolute Gasteiger partial charge is 0.497 e. The van der Waals surface area contributed by atoms with Crippen LogP contribution in [0.25, 0.3) is 0 Å². The summed E-state index contributed by atoms with van der Waals surface area (Å²) < 4.78 is 58.4. The van der Waals surface area contributed by atoms with Crippen LogP contribution >= 0.6 is 0 Å². The zero-order valence-corrected chi connectivity index (χ0v) is 19.4. The summed E-state index contributed by atoms with van der Waals surface area (Å²) in [5, 5.41) is 2.78. The maximum atomic E-state index is 13.4. The Morgan fingerprint density at radius 1 is 1.00 bits per heavy atom. The van der Waals surface area contributed by atoms with E-state index >= 15 is 0 Å². The van der Waals surface area contributed by atoms with Gasteiger partial charge in [-0.05, 0) is 53.6 Å². The molecule has 0 bridgehead atoms. The van der Waals surface area contributed by atoms with E-state index in [1.54, 1.807) is 30.3 Å². The number of methoxy groups -OCH3 is 1. The molecule has 2 atom stereocenters. The number of alkyl halides is 3. The van der Waals surface area contributed by atoms with Gasteiger partial charge in [0.05, 0.1) is 18.6 Å². The van der Waals surface area contributed by atoms with Crippen LogP contribution in [0.4, 0.5) is 17.6 Å². The summed E-state index contributed by atoms with van der Waals surface area (Å²) in [6, 6.07) is 17.0. The van der Waals surface area contributed by atoms with Crippen molar-refractivity contribution in [2.75, 3.05) is 20.2 Å². The molecule has 0 saturated carbocycles. The molecule has 0 aromatic heterocycles. The standard InChI is InChI=1S/C27H24F4N2O3/c1-36-22-11-7-18(8-12-22)26(35)33-15-23(19-3-2-4-20(13-19)27(29,30)31)24(16-33)25(34)32-14-17-5-9-21(28)10-6-17/h2-13,23-24H,14-16H2,1H3,(H,32,34)/t23-,24+/m0/s1. The van der Waals surface area contributed by atoms with Crippen LogP contribution in [-0.4, -0.2) is 36.9 Å². The molecule has 4 rings (SSSR count). The quantitative estimate of drug-likeness (QED) is 0.484. The lowest BCUT2D eigenvalue weighted by molar-refractivity contribution is -0.137. The summed E-state index contributed by atoms with van der Waals surface area (Å²) >= 11 is 0. The number of halogens is 4. The number of ether oxygens (including phenoxy) is 1. The predicted molar refractivity (Wildman–Crippen MR) is 125 cm³/mol. The van der Waals surface area contributed by atoms with Crippen LogP contribution < -0.4 is 10.1 Å². The number of rotatable bonds is 6. The molecule has 188 valence electrons. The van der Waals surface area contributed by atoms with Crippen LogP contribution in [0.15, 0.2) is 72.8 Å². The smallest absolute Gasteiger partial charge is 0.416 e. The molecular formula is C27H24F4N2O3. The van der Waals surface area contributed by atoms with Crippen molar-refractivity contribution in [3.8, 4) is 5.75 Å². The van der Waals surface area contributed by atoms with E-state index in [1.165, 1.54) is 42.3 Å². The minimum Gasteiger partial charge on any atom is -0.497 e. The minimum absolute atomic E-state index is 0.0427. The van der Waals surface area contributed by atoms with Crippen LogP contribution in [0.2, 0.25) is 0 Å². The number of likely N-dealkylation sites (tertiary alicyclic amines) is 1. The zero-order valence-electron chi connectivity index (χ0n) is 19.4. The summed E-state index contributed by atoms with van der Waals surface area (Å²) in [7, 11) is 1.51. The van der Waals surface area contributed by atoms with Crippen molar-refractivity contribution in [2.45, 2.75) is 18.6 Å². The van der Waals surface area contributed by atoms with Crippen LogP contribution in [0, 0.1) is 11.7 Å². The van der Waals surface area contributed by atoms with E-state index in [1.807, 2.05) is 0 Å². The van der Waals surface area contributed by atoms with Crippen molar-refractivity contribution in [3.05, 3.63) is 101 Å². The Bertz CT molecular complexity index is 1230. The topological polar surface area (TPSA) is 58.6 Å². The van der Waals surface area contributed by atoms with Crippen molar-refractivity contribution >= 4 is 11.8 Å². The highest BCUT2D eigenvalue weighted by molar-refractivity contribution is 5.95. The lowest BCUT2D eigenvalue weighted by Gasteiger charge is -2.19. The average molecular weight is 500 g/mol. The monoisotopic (exact) mass is 500 g/mol. The molecule has 5 nitrogen and oxygen atoms in total. The SMILES string of the molecule is COc1ccc(C(=O)N2C[C@@H](C(=O)NCc3ccc(F)cc3)[C@H](c3cccc(C(F)(F)F)c3)C2)cc1. The molecule has 0 unspecified atom stereocenters. The molecular weight excluding hydrogens is 476 g/mol. The van der Waals surface area contributed by atoms with Crippen LogP contribution in [0.1, 0.15) is 33.0 Å². The van der Waals surface area contributed by atoms with E-state index < -0.39 is 35.3 Å². The maximum absolute atomic E-state index is 13.4. The number of carbonyl (C=O) groups excluding carboxylic acids is 2. The summed E-state index contributed by atoms with van der Waals surface area (Å²) in [4.78, 5) is 27.8. The van der Waals surface area contributed by atoms with Gasteiger partial charge < -0.3 is 15.0 Å². The second-order valence-corrected chi connectivity index (χ2v) is 8.62. The van der Waals surface area contributed by atoms with Gasteiger partial charge in [-0.25, -0.2) is 4.39 Å². The Kier molecular flexibility index (Phi) is 7.28. The van der Waals surface area contributed by atoms with E-state index in [9.17, 15) is 27.2 Å². The van der Waals surface area contributed by atoms with Gasteiger partial charge in [-0.2, -0.15) is 13.2 Å². The molecule has 36 heavy (non-hydrogen) atoms. The van der Waals surface area contributed by atoms with Gasteiger partial charge in [0.15, 0.2) is 0 Å². The van der Waals surface area contributed by atoms with Crippen LogP contribution in [0.5, 0.6) is 5.75 Å². The number of hydrogen-bond acceptors (Lipinski definition) is 3. The first kappa shape index (κ1) is 25.2. The summed E-state index contributed by atoms with van der Waals surface area (Å²) in [5.74, 6) is -1.96. The minimum atomic E-state index is -4.53. The first-order chi connectivity index (χ1) is 17.2. The summed E-state index contributed by atoms with van der Waals surface area (Å²) in [6.45, 7) is 0.249. The predicted octanol–water partition coefficient (Wildman–Crippen LogP) is 5.03. The van der Waals surface area contributed by atoms with Crippen LogP contribution in [0.3, 0.4) is 0 Å². The van der Waals surface area contributed by atoms with Crippen molar-refractivity contribution in [1.29, 1.82) is 0 Å². The first-order valence-corrected chi connectivity index (χ1v) is 11.3. The van der Waals surface area contributed by atoms with E-state index in [-0.39, 0.29) is 25.5 Å². The molecule has 3 aromatic carbocycles. The second-order valence-electron chi connectivity index (χ2n) is 8.62. The normalized spacial score (nSPS) is 17.6. The fourth-order valence-electron chi connectivity index (χ4n) is 4.36. The molecule has 1 aliphatic heterocycles. The van der Waals surface area contributed by atoms with E-state index in [4.69, 9.17) is 4.74 Å². The van der Waals surface area contributed by atoms with Gasteiger partial charge in [-0.1, -0.05) is 30.3 Å². The van der Waals surface area contributed by atoms with Crippen molar-refractivity contribution < 1.29 is 31.9 Å². The third kappa shape index (κ3) is 5.67.